The van der Waals surface area contributed by atoms with Crippen LogP contribution in [0.2, 0.25) is 0 Å². The highest BCUT2D eigenvalue weighted by atomic mass is 19.3. The predicted molar refractivity (Wildman–Crippen MR) is 103 cm³/mol. The number of ether oxygens (including phenoxy) is 1. The number of halogens is 2. The molecule has 146 valence electrons. The fraction of sp³-hybridized carbons (Fsp3) is 0.143. The highest BCUT2D eigenvalue weighted by Gasteiger charge is 2.11. The van der Waals surface area contributed by atoms with Crippen molar-refractivity contribution in [1.82, 2.24) is 20.0 Å². The van der Waals surface area contributed by atoms with E-state index in [9.17, 15) is 13.6 Å². The summed E-state index contributed by atoms with van der Waals surface area (Å²) in [4.78, 5) is 16.9. The van der Waals surface area contributed by atoms with Gasteiger partial charge in [-0.25, -0.2) is 0 Å². The largest absolute Gasteiger partial charge is 0.435 e. The van der Waals surface area contributed by atoms with Crippen LogP contribution in [0.25, 0.3) is 22.0 Å². The van der Waals surface area contributed by atoms with E-state index in [2.05, 4.69) is 20.0 Å². The molecule has 8 heteroatoms. The van der Waals surface area contributed by atoms with Gasteiger partial charge in [0.15, 0.2) is 5.78 Å². The highest BCUT2D eigenvalue weighted by Crippen LogP contribution is 2.23. The molecule has 6 nitrogen and oxygen atoms in total. The fourth-order valence-corrected chi connectivity index (χ4v) is 3.01. The number of rotatable bonds is 6. The summed E-state index contributed by atoms with van der Waals surface area (Å²) in [5.41, 5.74) is 2.70. The number of hydrogen-bond acceptors (Lipinski definition) is 5. The number of Topliss-reactive ketones (excluding diaryl/α,β-unsaturated/α-hetero) is 1. The van der Waals surface area contributed by atoms with Gasteiger partial charge < -0.3 is 4.74 Å². The SMILES string of the molecule is Cn1cc(-c2ccc3cnc(CC(=O)c4ccc(OC(F)F)cc4)cc3c2)nn1. The number of aryl methyl sites for hydroxylation is 1. The minimum atomic E-state index is -2.90. The second-order valence-electron chi connectivity index (χ2n) is 6.52. The Balaban J connectivity index is 1.55. The molecule has 0 saturated carbocycles. The molecular weight excluding hydrogens is 378 g/mol. The molecule has 0 fully saturated rings. The molecule has 0 unspecified atom stereocenters. The van der Waals surface area contributed by atoms with Gasteiger partial charge in [0, 0.05) is 35.5 Å². The number of aromatic nitrogens is 4. The standard InChI is InChI=1S/C21H16F2N4O2/c1-27-12-19(25-26-27)14-2-3-15-11-24-17(9-16(15)8-14)10-20(28)13-4-6-18(7-5-13)29-21(22)23/h2-9,11-12,21H,10H2,1H3. The van der Waals surface area contributed by atoms with Crippen LogP contribution in [-0.4, -0.2) is 32.4 Å². The van der Waals surface area contributed by atoms with Crippen LogP contribution in [0, 0.1) is 0 Å². The summed E-state index contributed by atoms with van der Waals surface area (Å²) in [5, 5.41) is 9.94. The zero-order chi connectivity index (χ0) is 20.4. The van der Waals surface area contributed by atoms with E-state index in [4.69, 9.17) is 0 Å². The Labute approximate surface area is 164 Å². The van der Waals surface area contributed by atoms with Crippen molar-refractivity contribution in [2.24, 2.45) is 7.05 Å². The number of nitrogens with zero attached hydrogens (tertiary/aromatic N) is 4. The molecule has 0 spiro atoms. The zero-order valence-electron chi connectivity index (χ0n) is 15.4. The smallest absolute Gasteiger partial charge is 0.387 e. The molecular formula is C21H16F2N4O2. The molecule has 2 aromatic carbocycles. The maximum absolute atomic E-state index is 12.5. The molecule has 2 heterocycles. The summed E-state index contributed by atoms with van der Waals surface area (Å²) in [6, 6.07) is 13.4. The first-order chi connectivity index (χ1) is 14.0. The van der Waals surface area contributed by atoms with Crippen LogP contribution in [0.15, 0.2) is 60.9 Å². The Morgan fingerprint density at radius 1 is 1.10 bits per heavy atom. The van der Waals surface area contributed by atoms with E-state index in [-0.39, 0.29) is 18.0 Å². The molecule has 0 atom stereocenters. The summed E-state index contributed by atoms with van der Waals surface area (Å²) in [6.45, 7) is -2.90. The van der Waals surface area contributed by atoms with Gasteiger partial charge in [0.2, 0.25) is 0 Å². The third-order valence-electron chi connectivity index (χ3n) is 4.42. The maximum atomic E-state index is 12.5. The highest BCUT2D eigenvalue weighted by molar-refractivity contribution is 5.98. The normalized spacial score (nSPS) is 11.2. The van der Waals surface area contributed by atoms with E-state index in [0.717, 1.165) is 22.0 Å². The number of benzene rings is 2. The van der Waals surface area contributed by atoms with Crippen molar-refractivity contribution >= 4 is 16.6 Å². The molecule has 0 radical (unpaired) electrons. The number of ketones is 1. The lowest BCUT2D eigenvalue weighted by atomic mass is 10.0. The summed E-state index contributed by atoms with van der Waals surface area (Å²) in [6.07, 6.45) is 3.65. The van der Waals surface area contributed by atoms with Gasteiger partial charge in [-0.3, -0.25) is 14.5 Å². The number of hydrogen-bond donors (Lipinski definition) is 0. The Morgan fingerprint density at radius 3 is 2.59 bits per heavy atom. The maximum Gasteiger partial charge on any atom is 0.387 e. The van der Waals surface area contributed by atoms with E-state index in [1.165, 1.54) is 24.3 Å². The van der Waals surface area contributed by atoms with Gasteiger partial charge in [0.05, 0.1) is 12.6 Å². The van der Waals surface area contributed by atoms with Crippen molar-refractivity contribution in [1.29, 1.82) is 0 Å². The van der Waals surface area contributed by atoms with Crippen LogP contribution in [-0.2, 0) is 13.5 Å². The van der Waals surface area contributed by atoms with E-state index in [1.54, 1.807) is 17.9 Å². The molecule has 0 aliphatic heterocycles. The molecule has 0 saturated heterocycles. The quantitative estimate of drug-likeness (QED) is 0.462. The number of alkyl halides is 2. The zero-order valence-corrected chi connectivity index (χ0v) is 15.4. The van der Waals surface area contributed by atoms with Crippen LogP contribution < -0.4 is 4.74 Å². The molecule has 29 heavy (non-hydrogen) atoms. The van der Waals surface area contributed by atoms with Crippen molar-refractivity contribution in [3.05, 3.63) is 72.2 Å². The van der Waals surface area contributed by atoms with Crippen LogP contribution in [0.3, 0.4) is 0 Å². The molecule has 0 aliphatic carbocycles. The van der Waals surface area contributed by atoms with Crippen LogP contribution >= 0.6 is 0 Å². The van der Waals surface area contributed by atoms with Crippen molar-refractivity contribution < 1.29 is 18.3 Å². The summed E-state index contributed by atoms with van der Waals surface area (Å²) >= 11 is 0. The minimum Gasteiger partial charge on any atom is -0.435 e. The monoisotopic (exact) mass is 394 g/mol. The van der Waals surface area contributed by atoms with Crippen molar-refractivity contribution in [2.45, 2.75) is 13.0 Å². The molecule has 0 bridgehead atoms. The van der Waals surface area contributed by atoms with Crippen molar-refractivity contribution in [3.8, 4) is 17.0 Å². The molecule has 0 N–H and O–H groups in total. The Bertz CT molecular complexity index is 1170. The Hall–Kier alpha value is -3.68. The van der Waals surface area contributed by atoms with E-state index in [0.29, 0.717) is 11.3 Å². The van der Waals surface area contributed by atoms with E-state index < -0.39 is 6.61 Å². The Kier molecular flexibility index (Phi) is 4.99. The number of carbonyl (C=O) groups excluding carboxylic acids is 1. The van der Waals surface area contributed by atoms with Crippen molar-refractivity contribution in [2.75, 3.05) is 0 Å². The lowest BCUT2D eigenvalue weighted by molar-refractivity contribution is -0.0498. The van der Waals surface area contributed by atoms with E-state index in [1.807, 2.05) is 30.5 Å². The fourth-order valence-electron chi connectivity index (χ4n) is 3.01. The van der Waals surface area contributed by atoms with Crippen LogP contribution in [0.1, 0.15) is 16.1 Å². The lowest BCUT2D eigenvalue weighted by Gasteiger charge is -2.06. The molecule has 4 aromatic rings. The van der Waals surface area contributed by atoms with E-state index >= 15 is 0 Å². The lowest BCUT2D eigenvalue weighted by Crippen LogP contribution is -2.06. The van der Waals surface area contributed by atoms with Crippen molar-refractivity contribution in [3.63, 3.8) is 0 Å². The van der Waals surface area contributed by atoms with Crippen LogP contribution in [0.4, 0.5) is 8.78 Å². The average Bonchev–Trinajstić information content (AvgIpc) is 3.14. The first kappa shape index (κ1) is 18.7. The summed E-state index contributed by atoms with van der Waals surface area (Å²) in [7, 11) is 1.80. The van der Waals surface area contributed by atoms with Gasteiger partial charge in [0.1, 0.15) is 11.4 Å². The average molecular weight is 394 g/mol. The second-order valence-corrected chi connectivity index (χ2v) is 6.52. The van der Waals surface area contributed by atoms with Gasteiger partial charge in [-0.05, 0) is 41.8 Å². The predicted octanol–water partition coefficient (Wildman–Crippen LogP) is 4.06. The molecule has 2 aromatic heterocycles. The topological polar surface area (TPSA) is 69.9 Å². The van der Waals surface area contributed by atoms with Gasteiger partial charge in [-0.15, -0.1) is 5.10 Å². The molecule has 4 rings (SSSR count). The molecule has 0 aliphatic rings. The third kappa shape index (κ3) is 4.26. The number of pyridine rings is 1. The minimum absolute atomic E-state index is 0.0110. The second kappa shape index (κ2) is 7.75. The van der Waals surface area contributed by atoms with Gasteiger partial charge in [0.25, 0.3) is 0 Å². The third-order valence-corrected chi connectivity index (χ3v) is 4.42. The first-order valence-corrected chi connectivity index (χ1v) is 8.81. The van der Waals surface area contributed by atoms with Crippen LogP contribution in [0.5, 0.6) is 5.75 Å². The Morgan fingerprint density at radius 2 is 1.90 bits per heavy atom. The van der Waals surface area contributed by atoms with Gasteiger partial charge >= 0.3 is 6.61 Å². The first-order valence-electron chi connectivity index (χ1n) is 8.81. The van der Waals surface area contributed by atoms with Gasteiger partial charge in [-0.1, -0.05) is 17.3 Å². The summed E-state index contributed by atoms with van der Waals surface area (Å²) in [5.74, 6) is -0.151. The summed E-state index contributed by atoms with van der Waals surface area (Å²) < 4.78 is 30.4. The number of carbonyl (C=O) groups is 1. The molecule has 0 amide bonds. The van der Waals surface area contributed by atoms with Gasteiger partial charge in [-0.2, -0.15) is 8.78 Å². The number of fused-ring (bicyclic) bond motifs is 1.